The number of nitrogen functional groups attached to an aromatic ring is 3. The quantitative estimate of drug-likeness (QED) is 0.337. The van der Waals surface area contributed by atoms with Crippen LogP contribution in [0.1, 0.15) is 22.3 Å². The van der Waals surface area contributed by atoms with Crippen LogP contribution in [0.25, 0.3) is 0 Å². The lowest BCUT2D eigenvalue weighted by molar-refractivity contribution is 0.613. The molecule has 3 nitrogen and oxygen atoms in total. The van der Waals surface area contributed by atoms with Gasteiger partial charge in [0, 0.05) is 22.5 Å². The number of anilines is 3. The first-order valence-electron chi connectivity index (χ1n) is 9.70. The first-order chi connectivity index (χ1) is 14.1. The summed E-state index contributed by atoms with van der Waals surface area (Å²) in [6.07, 6.45) is 0.783. The zero-order valence-corrected chi connectivity index (χ0v) is 16.3. The molecule has 29 heavy (non-hydrogen) atoms. The Kier molecular flexibility index (Phi) is 4.96. The van der Waals surface area contributed by atoms with E-state index in [0.29, 0.717) is 0 Å². The molecule has 4 aromatic rings. The van der Waals surface area contributed by atoms with Crippen molar-refractivity contribution in [2.24, 2.45) is 0 Å². The largest absolute Gasteiger partial charge is 0.399 e. The van der Waals surface area contributed by atoms with Crippen molar-refractivity contribution >= 4 is 17.1 Å². The summed E-state index contributed by atoms with van der Waals surface area (Å²) < 4.78 is 0. The van der Waals surface area contributed by atoms with Crippen LogP contribution in [0.4, 0.5) is 17.1 Å². The summed E-state index contributed by atoms with van der Waals surface area (Å²) >= 11 is 0. The Morgan fingerprint density at radius 1 is 0.448 bits per heavy atom. The molecular formula is C26H25N3. The molecule has 0 unspecified atom stereocenters. The van der Waals surface area contributed by atoms with Crippen molar-refractivity contribution in [2.75, 3.05) is 17.2 Å². The van der Waals surface area contributed by atoms with E-state index in [4.69, 9.17) is 17.2 Å². The van der Waals surface area contributed by atoms with Crippen molar-refractivity contribution in [3.63, 3.8) is 0 Å². The minimum atomic E-state index is -0.390. The van der Waals surface area contributed by atoms with E-state index in [0.717, 1.165) is 23.5 Å². The second-order valence-corrected chi connectivity index (χ2v) is 7.43. The van der Waals surface area contributed by atoms with E-state index in [2.05, 4.69) is 60.7 Å². The zero-order valence-electron chi connectivity index (χ0n) is 16.3. The zero-order chi connectivity index (χ0) is 20.3. The minimum absolute atomic E-state index is 0.390. The fraction of sp³-hybridized carbons (Fsp3) is 0.0769. The van der Waals surface area contributed by atoms with Crippen molar-refractivity contribution < 1.29 is 0 Å². The van der Waals surface area contributed by atoms with Gasteiger partial charge in [0.1, 0.15) is 0 Å². The molecule has 3 heteroatoms. The Bertz CT molecular complexity index is 1020. The fourth-order valence-electron chi connectivity index (χ4n) is 4.01. The predicted molar refractivity (Wildman–Crippen MR) is 123 cm³/mol. The van der Waals surface area contributed by atoms with E-state index >= 15 is 0 Å². The lowest BCUT2D eigenvalue weighted by Gasteiger charge is -2.36. The molecule has 0 spiro atoms. The van der Waals surface area contributed by atoms with Gasteiger partial charge in [-0.3, -0.25) is 0 Å². The van der Waals surface area contributed by atoms with Crippen molar-refractivity contribution in [3.05, 3.63) is 125 Å². The van der Waals surface area contributed by atoms with Crippen LogP contribution in [0.5, 0.6) is 0 Å². The molecule has 0 aromatic heterocycles. The third-order valence-corrected chi connectivity index (χ3v) is 5.52. The van der Waals surface area contributed by atoms with Crippen LogP contribution in [0.2, 0.25) is 0 Å². The number of benzene rings is 4. The number of hydrogen-bond donors (Lipinski definition) is 3. The molecule has 0 fully saturated rings. The molecule has 0 saturated carbocycles. The molecule has 4 rings (SSSR count). The SMILES string of the molecule is Nc1ccc(CC(c2ccccc2)(c2ccc(N)cc2)c2ccc(N)cc2)cc1. The summed E-state index contributed by atoms with van der Waals surface area (Å²) in [7, 11) is 0. The van der Waals surface area contributed by atoms with Gasteiger partial charge >= 0.3 is 0 Å². The van der Waals surface area contributed by atoms with Gasteiger partial charge in [0.15, 0.2) is 0 Å². The fourth-order valence-corrected chi connectivity index (χ4v) is 4.01. The van der Waals surface area contributed by atoms with E-state index in [1.54, 1.807) is 0 Å². The maximum absolute atomic E-state index is 6.01. The van der Waals surface area contributed by atoms with Crippen molar-refractivity contribution in [3.8, 4) is 0 Å². The highest BCUT2D eigenvalue weighted by molar-refractivity contribution is 5.56. The second kappa shape index (κ2) is 7.72. The topological polar surface area (TPSA) is 78.1 Å². The number of nitrogens with two attached hydrogens (primary N) is 3. The Labute approximate surface area is 171 Å². The molecule has 0 atom stereocenters. The number of rotatable bonds is 5. The molecule has 0 aliphatic rings. The van der Waals surface area contributed by atoms with Crippen LogP contribution in [-0.4, -0.2) is 0 Å². The van der Waals surface area contributed by atoms with Gasteiger partial charge in [-0.25, -0.2) is 0 Å². The van der Waals surface area contributed by atoms with E-state index in [9.17, 15) is 0 Å². The van der Waals surface area contributed by atoms with Crippen molar-refractivity contribution in [1.82, 2.24) is 0 Å². The molecule has 0 aliphatic heterocycles. The molecule has 0 aliphatic carbocycles. The molecule has 0 heterocycles. The summed E-state index contributed by atoms with van der Waals surface area (Å²) in [6, 6.07) is 35.0. The minimum Gasteiger partial charge on any atom is -0.399 e. The van der Waals surface area contributed by atoms with E-state index in [1.165, 1.54) is 22.3 Å². The van der Waals surface area contributed by atoms with Crippen LogP contribution in [0.3, 0.4) is 0 Å². The molecule has 0 bridgehead atoms. The molecule has 0 radical (unpaired) electrons. The summed E-state index contributed by atoms with van der Waals surface area (Å²) in [5.74, 6) is 0. The van der Waals surface area contributed by atoms with E-state index in [1.807, 2.05) is 42.5 Å². The highest BCUT2D eigenvalue weighted by Gasteiger charge is 2.36. The smallest absolute Gasteiger partial charge is 0.0491 e. The Balaban J connectivity index is 1.99. The molecule has 144 valence electrons. The van der Waals surface area contributed by atoms with E-state index < -0.39 is 5.41 Å². The van der Waals surface area contributed by atoms with Crippen LogP contribution in [0, 0.1) is 0 Å². The highest BCUT2D eigenvalue weighted by atomic mass is 14.6. The normalized spacial score (nSPS) is 11.3. The highest BCUT2D eigenvalue weighted by Crippen LogP contribution is 2.42. The van der Waals surface area contributed by atoms with Crippen LogP contribution < -0.4 is 17.2 Å². The lowest BCUT2D eigenvalue weighted by Crippen LogP contribution is -2.32. The molecule has 0 amide bonds. The van der Waals surface area contributed by atoms with Crippen LogP contribution >= 0.6 is 0 Å². The maximum atomic E-state index is 6.01. The summed E-state index contributed by atoms with van der Waals surface area (Å²) in [5.41, 5.74) is 24.6. The maximum Gasteiger partial charge on any atom is 0.0491 e. The lowest BCUT2D eigenvalue weighted by atomic mass is 9.66. The van der Waals surface area contributed by atoms with Crippen LogP contribution in [-0.2, 0) is 11.8 Å². The van der Waals surface area contributed by atoms with Gasteiger partial charge < -0.3 is 17.2 Å². The Hall–Kier alpha value is -3.72. The molecule has 0 saturated heterocycles. The van der Waals surface area contributed by atoms with Crippen molar-refractivity contribution in [2.45, 2.75) is 11.8 Å². The van der Waals surface area contributed by atoms with Gasteiger partial charge in [-0.1, -0.05) is 66.7 Å². The van der Waals surface area contributed by atoms with Gasteiger partial charge in [0.05, 0.1) is 0 Å². The van der Waals surface area contributed by atoms with Gasteiger partial charge in [0.2, 0.25) is 0 Å². The van der Waals surface area contributed by atoms with Gasteiger partial charge in [-0.2, -0.15) is 0 Å². The molecule has 4 aromatic carbocycles. The summed E-state index contributed by atoms with van der Waals surface area (Å²) in [6.45, 7) is 0. The summed E-state index contributed by atoms with van der Waals surface area (Å²) in [4.78, 5) is 0. The molecule has 6 N–H and O–H groups in total. The van der Waals surface area contributed by atoms with E-state index in [-0.39, 0.29) is 0 Å². The second-order valence-electron chi connectivity index (χ2n) is 7.43. The third kappa shape index (κ3) is 3.67. The van der Waals surface area contributed by atoms with Gasteiger partial charge in [0.25, 0.3) is 0 Å². The van der Waals surface area contributed by atoms with Gasteiger partial charge in [-0.05, 0) is 65.1 Å². The Morgan fingerprint density at radius 3 is 1.28 bits per heavy atom. The van der Waals surface area contributed by atoms with Crippen molar-refractivity contribution in [1.29, 1.82) is 0 Å². The third-order valence-electron chi connectivity index (χ3n) is 5.52. The predicted octanol–water partition coefficient (Wildman–Crippen LogP) is 5.01. The first-order valence-corrected chi connectivity index (χ1v) is 9.70. The first kappa shape index (κ1) is 18.6. The number of hydrogen-bond acceptors (Lipinski definition) is 3. The monoisotopic (exact) mass is 379 g/mol. The average molecular weight is 380 g/mol. The van der Waals surface area contributed by atoms with Gasteiger partial charge in [-0.15, -0.1) is 0 Å². The Morgan fingerprint density at radius 2 is 0.828 bits per heavy atom. The van der Waals surface area contributed by atoms with Crippen LogP contribution in [0.15, 0.2) is 103 Å². The average Bonchev–Trinajstić information content (AvgIpc) is 2.75. The molecular weight excluding hydrogens is 354 g/mol. The summed E-state index contributed by atoms with van der Waals surface area (Å²) in [5, 5.41) is 0. The standard InChI is InChI=1S/C26H25N3/c27-23-12-6-19(7-13-23)18-26(20-4-2-1-3-5-20,21-8-14-24(28)15-9-21)22-10-16-25(29)17-11-22/h1-17H,18,27-29H2.